The number of nitrogens with zero attached hydrogens (tertiary/aromatic N) is 3. The van der Waals surface area contributed by atoms with Gasteiger partial charge in [-0.3, -0.25) is 0 Å². The molecule has 0 N–H and O–H groups in total. The molecular weight excluding hydrogens is 206 g/mol. The Morgan fingerprint density at radius 3 is 3.45 bits per heavy atom. The van der Waals surface area contributed by atoms with Gasteiger partial charge in [-0.1, -0.05) is 0 Å². The SMILES string of the molecule is [2H]c1nc(N(C([2H])([2H])[2H])C([2H])([2H])C([2H])([2H])[2H])c([2H])nc1Br. The van der Waals surface area contributed by atoms with Gasteiger partial charge < -0.3 is 4.90 Å². The molecule has 3 nitrogen and oxygen atoms in total. The van der Waals surface area contributed by atoms with E-state index in [4.69, 9.17) is 13.7 Å². The van der Waals surface area contributed by atoms with Crippen LogP contribution in [0, 0.1) is 0 Å². The first-order valence-electron chi connectivity index (χ1n) is 7.50. The van der Waals surface area contributed by atoms with E-state index in [0.29, 0.717) is 0 Å². The molecule has 1 heterocycles. The molecule has 0 saturated heterocycles. The summed E-state index contributed by atoms with van der Waals surface area (Å²) >= 11 is 2.82. The molecule has 0 aliphatic heterocycles. The molecule has 0 unspecified atom stereocenters. The lowest BCUT2D eigenvalue weighted by Crippen LogP contribution is -2.17. The van der Waals surface area contributed by atoms with Crippen molar-refractivity contribution in [3.63, 3.8) is 0 Å². The Morgan fingerprint density at radius 1 is 1.82 bits per heavy atom. The van der Waals surface area contributed by atoms with Crippen molar-refractivity contribution in [3.05, 3.63) is 16.9 Å². The summed E-state index contributed by atoms with van der Waals surface area (Å²) in [6.45, 7) is -9.88. The lowest BCUT2D eigenvalue weighted by atomic mass is 10.5. The molecule has 0 fully saturated rings. The summed E-state index contributed by atoms with van der Waals surface area (Å²) in [5, 5.41) is 0. The van der Waals surface area contributed by atoms with Crippen LogP contribution in [0.1, 0.15) is 20.6 Å². The molecule has 0 aliphatic carbocycles. The highest BCUT2D eigenvalue weighted by atomic mass is 79.9. The minimum absolute atomic E-state index is 0.118. The Bertz CT molecular complexity index is 539. The molecule has 4 heteroatoms. The Hall–Kier alpha value is -0.640. The van der Waals surface area contributed by atoms with Gasteiger partial charge in [-0.15, -0.1) is 0 Å². The summed E-state index contributed by atoms with van der Waals surface area (Å²) < 4.78 is 73.5. The van der Waals surface area contributed by atoms with Crippen LogP contribution < -0.4 is 4.90 Å². The van der Waals surface area contributed by atoms with Crippen LogP contribution in [0.5, 0.6) is 0 Å². The van der Waals surface area contributed by atoms with E-state index in [1.54, 1.807) is 0 Å². The molecule has 60 valence electrons. The van der Waals surface area contributed by atoms with E-state index in [-0.39, 0.29) is 9.50 Å². The van der Waals surface area contributed by atoms with Gasteiger partial charge in [-0.25, -0.2) is 9.97 Å². The third-order valence-corrected chi connectivity index (χ3v) is 1.19. The Labute approximate surface area is 88.6 Å². The van der Waals surface area contributed by atoms with Crippen molar-refractivity contribution < 1.29 is 13.7 Å². The van der Waals surface area contributed by atoms with E-state index in [2.05, 4.69) is 25.9 Å². The van der Waals surface area contributed by atoms with E-state index in [9.17, 15) is 0 Å². The summed E-state index contributed by atoms with van der Waals surface area (Å²) in [6, 6.07) is 0. The standard InChI is InChI=1S/C7H10BrN3/c1-3-11(2)7-5-9-6(8)4-10-7/h4-5H,3H2,1-2H3/i1D3,2D3,3D2,4D,5D. The van der Waals surface area contributed by atoms with Crippen LogP contribution >= 0.6 is 15.9 Å². The van der Waals surface area contributed by atoms with Gasteiger partial charge in [-0.05, 0) is 22.8 Å². The first-order valence-corrected chi connectivity index (χ1v) is 3.30. The van der Waals surface area contributed by atoms with Gasteiger partial charge in [0.15, 0.2) is 0 Å². The highest BCUT2D eigenvalue weighted by Crippen LogP contribution is 2.08. The molecule has 11 heavy (non-hydrogen) atoms. The molecule has 0 radical (unpaired) electrons. The molecule has 0 atom stereocenters. The van der Waals surface area contributed by atoms with E-state index in [1.165, 1.54) is 0 Å². The summed E-state index contributed by atoms with van der Waals surface area (Å²) in [5.41, 5.74) is 0. The fourth-order valence-electron chi connectivity index (χ4n) is 0.401. The van der Waals surface area contributed by atoms with Crippen molar-refractivity contribution in [2.75, 3.05) is 18.4 Å². The smallest absolute Gasteiger partial charge is 0.146 e. The Balaban J connectivity index is 3.60. The summed E-state index contributed by atoms with van der Waals surface area (Å²) in [7, 11) is 0. The second kappa shape index (κ2) is 3.67. The number of aromatic nitrogens is 2. The monoisotopic (exact) mass is 225 g/mol. The first kappa shape index (κ1) is 2.19. The second-order valence-electron chi connectivity index (χ2n) is 1.51. The molecule has 0 aliphatic rings. The molecule has 1 rings (SSSR count). The number of halogens is 1. The molecule has 1 aromatic heterocycles. The Kier molecular flexibility index (Phi) is 0.730. The van der Waals surface area contributed by atoms with Crippen LogP contribution in [-0.2, 0) is 0 Å². The molecule has 0 saturated carbocycles. The zero-order valence-electron chi connectivity index (χ0n) is 15.2. The predicted molar refractivity (Wildman–Crippen MR) is 48.7 cm³/mol. The van der Waals surface area contributed by atoms with Crippen LogP contribution in [-0.4, -0.2) is 23.4 Å². The first-order chi connectivity index (χ1) is 9.19. The zero-order valence-corrected chi connectivity index (χ0v) is 6.81. The fourth-order valence-corrected chi connectivity index (χ4v) is 0.578. The van der Waals surface area contributed by atoms with Gasteiger partial charge in [-0.2, -0.15) is 0 Å². The van der Waals surface area contributed by atoms with Gasteiger partial charge in [0, 0.05) is 24.4 Å². The maximum Gasteiger partial charge on any atom is 0.146 e. The summed E-state index contributed by atoms with van der Waals surface area (Å²) in [5.74, 6) is -0.843. The third kappa shape index (κ3) is 2.15. The molecule has 0 bridgehead atoms. The van der Waals surface area contributed by atoms with Crippen molar-refractivity contribution in [3.8, 4) is 0 Å². The average molecular weight is 226 g/mol. The van der Waals surface area contributed by atoms with Crippen molar-refractivity contribution in [1.82, 2.24) is 9.97 Å². The van der Waals surface area contributed by atoms with E-state index >= 15 is 0 Å². The third-order valence-electron chi connectivity index (χ3n) is 0.832. The quantitative estimate of drug-likeness (QED) is 0.768. The van der Waals surface area contributed by atoms with Gasteiger partial charge in [0.05, 0.1) is 15.1 Å². The van der Waals surface area contributed by atoms with Crippen LogP contribution in [0.25, 0.3) is 0 Å². The molecular formula is C7H10BrN3. The van der Waals surface area contributed by atoms with E-state index in [0.717, 1.165) is 0 Å². The predicted octanol–water partition coefficient (Wildman–Crippen LogP) is 1.70. The molecule has 0 spiro atoms. The van der Waals surface area contributed by atoms with Gasteiger partial charge in [0.25, 0.3) is 0 Å². The normalized spacial score (nSPS) is 26.6. The highest BCUT2D eigenvalue weighted by molar-refractivity contribution is 9.10. The van der Waals surface area contributed by atoms with Crippen molar-refractivity contribution in [1.29, 1.82) is 0 Å². The largest absolute Gasteiger partial charge is 0.359 e. The number of rotatable bonds is 2. The van der Waals surface area contributed by atoms with Crippen molar-refractivity contribution in [2.24, 2.45) is 0 Å². The number of hydrogen-bond donors (Lipinski definition) is 0. The van der Waals surface area contributed by atoms with Crippen LogP contribution in [0.2, 0.25) is 0 Å². The maximum absolute atomic E-state index is 7.59. The van der Waals surface area contributed by atoms with Crippen molar-refractivity contribution >= 4 is 21.7 Å². The lowest BCUT2D eigenvalue weighted by Gasteiger charge is -2.13. The maximum atomic E-state index is 7.59. The zero-order chi connectivity index (χ0) is 16.8. The van der Waals surface area contributed by atoms with Gasteiger partial charge in [0.2, 0.25) is 0 Å². The minimum Gasteiger partial charge on any atom is -0.359 e. The fraction of sp³-hybridized carbons (Fsp3) is 0.429. The average Bonchev–Trinajstić information content (AvgIpc) is 2.21. The van der Waals surface area contributed by atoms with Gasteiger partial charge in [0.1, 0.15) is 10.4 Å². The minimum atomic E-state index is -3.33. The lowest BCUT2D eigenvalue weighted by molar-refractivity contribution is 0.925. The molecule has 1 aromatic rings. The molecule has 0 aromatic carbocycles. The van der Waals surface area contributed by atoms with Crippen LogP contribution in [0.4, 0.5) is 5.82 Å². The summed E-state index contributed by atoms with van der Waals surface area (Å²) in [6.07, 6.45) is -1.31. The van der Waals surface area contributed by atoms with Crippen LogP contribution in [0.3, 0.4) is 0 Å². The number of anilines is 1. The van der Waals surface area contributed by atoms with E-state index in [1.807, 2.05) is 0 Å². The molecule has 0 amide bonds. The second-order valence-corrected chi connectivity index (χ2v) is 2.26. The number of hydrogen-bond acceptors (Lipinski definition) is 3. The van der Waals surface area contributed by atoms with Crippen LogP contribution in [0.15, 0.2) is 16.9 Å². The van der Waals surface area contributed by atoms with Crippen molar-refractivity contribution in [2.45, 2.75) is 6.85 Å². The summed E-state index contributed by atoms with van der Waals surface area (Å²) in [4.78, 5) is 6.84. The highest BCUT2D eigenvalue weighted by Gasteiger charge is 1.98. The Morgan fingerprint density at radius 2 is 2.73 bits per heavy atom. The van der Waals surface area contributed by atoms with Gasteiger partial charge >= 0.3 is 0 Å². The topological polar surface area (TPSA) is 29.0 Å². The van der Waals surface area contributed by atoms with E-state index < -0.39 is 38.5 Å².